The summed E-state index contributed by atoms with van der Waals surface area (Å²) in [6.07, 6.45) is 2.54. The van der Waals surface area contributed by atoms with E-state index in [2.05, 4.69) is 15.2 Å². The topological polar surface area (TPSA) is 92.3 Å². The van der Waals surface area contributed by atoms with E-state index < -0.39 is 0 Å². The summed E-state index contributed by atoms with van der Waals surface area (Å²) in [6.45, 7) is 8.62. The minimum atomic E-state index is -0.129. The Labute approximate surface area is 179 Å². The number of nitrogens with zero attached hydrogens (tertiary/aromatic N) is 2. The molecule has 4 N–H and O–H groups in total. The summed E-state index contributed by atoms with van der Waals surface area (Å²) in [7, 11) is 0. The number of aliphatic hydroxyl groups is 1. The Morgan fingerprint density at radius 1 is 1.26 bits per heavy atom. The number of ether oxygens (including phenoxy) is 2. The van der Waals surface area contributed by atoms with Crippen molar-refractivity contribution in [2.75, 3.05) is 44.7 Å². The van der Waals surface area contributed by atoms with Crippen LogP contribution in [-0.2, 0) is 0 Å². The molecule has 27 heavy (non-hydrogen) atoms. The highest BCUT2D eigenvalue weighted by molar-refractivity contribution is 14.0. The van der Waals surface area contributed by atoms with E-state index >= 15 is 0 Å². The van der Waals surface area contributed by atoms with E-state index in [1.54, 1.807) is 0 Å². The second-order valence-electron chi connectivity index (χ2n) is 6.34. The second kappa shape index (κ2) is 13.0. The average Bonchev–Trinajstić information content (AvgIpc) is 2.63. The second-order valence-corrected chi connectivity index (χ2v) is 6.34. The number of hydrogen-bond donors (Lipinski definition) is 3. The van der Waals surface area contributed by atoms with Crippen molar-refractivity contribution in [3.63, 3.8) is 0 Å². The van der Waals surface area contributed by atoms with Gasteiger partial charge in [-0.1, -0.05) is 0 Å². The maximum atomic E-state index is 9.53. The van der Waals surface area contributed by atoms with Crippen molar-refractivity contribution in [3.8, 4) is 11.5 Å². The molecular weight excluding hydrogens is 459 g/mol. The van der Waals surface area contributed by atoms with Crippen molar-refractivity contribution in [2.45, 2.75) is 39.2 Å². The van der Waals surface area contributed by atoms with Gasteiger partial charge in [0.25, 0.3) is 0 Å². The van der Waals surface area contributed by atoms with Gasteiger partial charge < -0.3 is 30.5 Å². The maximum absolute atomic E-state index is 9.53. The van der Waals surface area contributed by atoms with Crippen molar-refractivity contribution in [2.24, 2.45) is 10.7 Å². The first-order valence-corrected chi connectivity index (χ1v) is 9.49. The molecule has 1 aromatic rings. The highest BCUT2D eigenvalue weighted by Crippen LogP contribution is 2.29. The molecule has 7 nitrogen and oxygen atoms in total. The smallest absolute Gasteiger partial charge is 0.193 e. The number of halogens is 1. The molecule has 154 valence electrons. The third-order valence-corrected chi connectivity index (χ3v) is 4.30. The summed E-state index contributed by atoms with van der Waals surface area (Å²) in [5.74, 6) is 1.85. The minimum Gasteiger partial charge on any atom is -0.494 e. The van der Waals surface area contributed by atoms with Gasteiger partial charge in [-0.25, -0.2) is 0 Å². The van der Waals surface area contributed by atoms with Gasteiger partial charge in [-0.2, -0.15) is 0 Å². The molecular formula is C19H33IN4O3. The molecule has 0 bridgehead atoms. The maximum Gasteiger partial charge on any atom is 0.193 e. The number of aliphatic imine (C=N–C) groups is 1. The van der Waals surface area contributed by atoms with Gasteiger partial charge in [-0.15, -0.1) is 24.0 Å². The lowest BCUT2D eigenvalue weighted by atomic mass is 10.1. The van der Waals surface area contributed by atoms with Gasteiger partial charge in [0.15, 0.2) is 5.96 Å². The molecule has 1 fully saturated rings. The molecule has 8 heteroatoms. The van der Waals surface area contributed by atoms with E-state index in [0.717, 1.165) is 56.1 Å². The van der Waals surface area contributed by atoms with Crippen molar-refractivity contribution in [3.05, 3.63) is 18.2 Å². The number of nitrogens with two attached hydrogens (primary N) is 1. The third kappa shape index (κ3) is 8.52. The van der Waals surface area contributed by atoms with Crippen LogP contribution in [-0.4, -0.2) is 61.5 Å². The van der Waals surface area contributed by atoms with E-state index in [1.165, 1.54) is 0 Å². The molecule has 1 heterocycles. The standard InChI is InChI=1S/C19H32N4O3.HI/c1-3-25-16-6-7-18(26-4-2)17(14-16)22-19(20)21-10-5-11-23-12-8-15(24)9-13-23;/h6-7,14-15,24H,3-5,8-13H2,1-2H3,(H3,20,21,22);1H. The van der Waals surface area contributed by atoms with E-state index in [9.17, 15) is 5.11 Å². The number of guanidine groups is 1. The van der Waals surface area contributed by atoms with Gasteiger partial charge in [0.2, 0.25) is 0 Å². The number of nitrogens with one attached hydrogen (secondary N) is 1. The molecule has 2 rings (SSSR count). The van der Waals surface area contributed by atoms with Crippen LogP contribution in [0.2, 0.25) is 0 Å². The van der Waals surface area contributed by atoms with E-state index in [0.29, 0.717) is 25.7 Å². The Hall–Kier alpha value is -1.26. The number of likely N-dealkylation sites (tertiary alicyclic amines) is 1. The fourth-order valence-electron chi connectivity index (χ4n) is 2.96. The van der Waals surface area contributed by atoms with Gasteiger partial charge in [-0.05, 0) is 51.8 Å². The summed E-state index contributed by atoms with van der Waals surface area (Å²) >= 11 is 0. The van der Waals surface area contributed by atoms with Gasteiger partial charge in [0.1, 0.15) is 11.5 Å². The van der Waals surface area contributed by atoms with Crippen LogP contribution in [0.25, 0.3) is 0 Å². The lowest BCUT2D eigenvalue weighted by Crippen LogP contribution is -2.36. The summed E-state index contributed by atoms with van der Waals surface area (Å²) in [6, 6.07) is 5.62. The zero-order chi connectivity index (χ0) is 18.8. The quantitative estimate of drug-likeness (QED) is 0.213. The molecule has 0 saturated carbocycles. The highest BCUT2D eigenvalue weighted by Gasteiger charge is 2.15. The van der Waals surface area contributed by atoms with Gasteiger partial charge >= 0.3 is 0 Å². The summed E-state index contributed by atoms with van der Waals surface area (Å²) < 4.78 is 11.2. The Balaban J connectivity index is 0.00000364. The fraction of sp³-hybridized carbons (Fsp3) is 0.632. The number of benzene rings is 1. The van der Waals surface area contributed by atoms with Crippen LogP contribution < -0.4 is 20.5 Å². The van der Waals surface area contributed by atoms with Crippen molar-refractivity contribution in [1.29, 1.82) is 0 Å². The molecule has 0 spiro atoms. The molecule has 0 aromatic heterocycles. The van der Waals surface area contributed by atoms with Crippen LogP contribution in [0.5, 0.6) is 11.5 Å². The van der Waals surface area contributed by atoms with Gasteiger partial charge in [0, 0.05) is 25.7 Å². The van der Waals surface area contributed by atoms with E-state index in [4.69, 9.17) is 15.2 Å². The number of hydrogen-bond acceptors (Lipinski definition) is 5. The van der Waals surface area contributed by atoms with Crippen LogP contribution in [0.1, 0.15) is 33.1 Å². The highest BCUT2D eigenvalue weighted by atomic mass is 127. The normalized spacial score (nSPS) is 15.9. The van der Waals surface area contributed by atoms with E-state index in [1.807, 2.05) is 32.0 Å². The van der Waals surface area contributed by atoms with Crippen molar-refractivity contribution < 1.29 is 14.6 Å². The van der Waals surface area contributed by atoms with Crippen LogP contribution >= 0.6 is 24.0 Å². The number of rotatable bonds is 9. The first-order valence-electron chi connectivity index (χ1n) is 9.49. The summed E-state index contributed by atoms with van der Waals surface area (Å²) in [4.78, 5) is 6.77. The SMILES string of the molecule is CCOc1ccc(OCC)c(NC(N)=NCCCN2CCC(O)CC2)c1.I. The molecule has 1 aliphatic rings. The van der Waals surface area contributed by atoms with Gasteiger partial charge in [-0.3, -0.25) is 4.99 Å². The molecule has 0 unspecified atom stereocenters. The summed E-state index contributed by atoms with van der Waals surface area (Å²) in [5, 5.41) is 12.6. The zero-order valence-corrected chi connectivity index (χ0v) is 18.6. The Kier molecular flexibility index (Phi) is 11.5. The molecule has 1 aromatic carbocycles. The number of anilines is 1. The molecule has 1 aliphatic heterocycles. The lowest BCUT2D eigenvalue weighted by molar-refractivity contribution is 0.0824. The molecule has 0 atom stereocenters. The van der Waals surface area contributed by atoms with Crippen LogP contribution in [0.3, 0.4) is 0 Å². The Bertz CT molecular complexity index is 578. The average molecular weight is 492 g/mol. The molecule has 0 aliphatic carbocycles. The number of piperidine rings is 1. The predicted octanol–water partition coefficient (Wildman–Crippen LogP) is 2.68. The fourth-order valence-corrected chi connectivity index (χ4v) is 2.96. The van der Waals surface area contributed by atoms with Crippen LogP contribution in [0.15, 0.2) is 23.2 Å². The van der Waals surface area contributed by atoms with Gasteiger partial charge in [0.05, 0.1) is 25.0 Å². The van der Waals surface area contributed by atoms with Crippen molar-refractivity contribution >= 4 is 35.6 Å². The van der Waals surface area contributed by atoms with Crippen molar-refractivity contribution in [1.82, 2.24) is 4.90 Å². The Morgan fingerprint density at radius 2 is 1.96 bits per heavy atom. The lowest BCUT2D eigenvalue weighted by Gasteiger charge is -2.29. The largest absolute Gasteiger partial charge is 0.494 e. The first kappa shape index (κ1) is 23.8. The van der Waals surface area contributed by atoms with Crippen LogP contribution in [0, 0.1) is 0 Å². The third-order valence-electron chi connectivity index (χ3n) is 4.30. The monoisotopic (exact) mass is 492 g/mol. The van der Waals surface area contributed by atoms with E-state index in [-0.39, 0.29) is 30.1 Å². The zero-order valence-electron chi connectivity index (χ0n) is 16.3. The summed E-state index contributed by atoms with van der Waals surface area (Å²) in [5.41, 5.74) is 6.78. The van der Waals surface area contributed by atoms with Crippen LogP contribution in [0.4, 0.5) is 5.69 Å². The molecule has 1 saturated heterocycles. The first-order chi connectivity index (χ1) is 12.6. The number of aliphatic hydroxyl groups excluding tert-OH is 1. The Morgan fingerprint density at radius 3 is 2.63 bits per heavy atom. The molecule has 0 radical (unpaired) electrons. The minimum absolute atomic E-state index is 0. The predicted molar refractivity (Wildman–Crippen MR) is 121 cm³/mol. The molecule has 0 amide bonds.